The van der Waals surface area contributed by atoms with Crippen molar-refractivity contribution in [2.24, 2.45) is 5.92 Å². The lowest BCUT2D eigenvalue weighted by atomic mass is 10.1. The van der Waals surface area contributed by atoms with E-state index in [2.05, 4.69) is 13.8 Å². The molecule has 4 aromatic rings. The second kappa shape index (κ2) is 9.45. The van der Waals surface area contributed by atoms with Gasteiger partial charge in [-0.2, -0.15) is 0 Å². The number of rotatable bonds is 7. The van der Waals surface area contributed by atoms with Crippen LogP contribution < -0.4 is 5.56 Å². The van der Waals surface area contributed by atoms with Crippen LogP contribution in [-0.2, 0) is 0 Å². The summed E-state index contributed by atoms with van der Waals surface area (Å²) in [4.78, 5) is 33.9. The summed E-state index contributed by atoms with van der Waals surface area (Å²) in [7, 11) is 0. The summed E-state index contributed by atoms with van der Waals surface area (Å²) in [6.07, 6.45) is 2.09. The Labute approximate surface area is 193 Å². The summed E-state index contributed by atoms with van der Waals surface area (Å²) < 4.78 is 7.09. The first-order valence-electron chi connectivity index (χ1n) is 11.3. The van der Waals surface area contributed by atoms with Gasteiger partial charge in [0.2, 0.25) is 0 Å². The molecule has 1 atom stereocenters. The maximum absolute atomic E-state index is 13.7. The van der Waals surface area contributed by atoms with Crippen LogP contribution in [0.15, 0.2) is 76.1 Å². The van der Waals surface area contributed by atoms with Crippen molar-refractivity contribution in [2.45, 2.75) is 40.2 Å². The molecule has 4 rings (SSSR count). The lowest BCUT2D eigenvalue weighted by Gasteiger charge is -2.33. The molecule has 2 aromatic carbocycles. The second-order valence-electron chi connectivity index (χ2n) is 8.72. The highest BCUT2D eigenvalue weighted by atomic mass is 16.3. The van der Waals surface area contributed by atoms with E-state index in [1.807, 2.05) is 56.3 Å². The molecule has 6 nitrogen and oxygen atoms in total. The van der Waals surface area contributed by atoms with Crippen molar-refractivity contribution in [3.8, 4) is 5.69 Å². The summed E-state index contributed by atoms with van der Waals surface area (Å²) in [5.74, 6) is 0.836. The number of carbonyl (C=O) groups is 1. The number of hydrogen-bond acceptors (Lipinski definition) is 4. The van der Waals surface area contributed by atoms with Crippen LogP contribution in [0.25, 0.3) is 16.6 Å². The Morgan fingerprint density at radius 3 is 2.55 bits per heavy atom. The molecule has 0 radical (unpaired) electrons. The number of aryl methyl sites for hydroxylation is 1. The molecule has 2 heterocycles. The van der Waals surface area contributed by atoms with E-state index in [0.29, 0.717) is 29.7 Å². The van der Waals surface area contributed by atoms with Crippen LogP contribution in [0.2, 0.25) is 0 Å². The molecular weight excluding hydrogens is 414 g/mol. The van der Waals surface area contributed by atoms with E-state index < -0.39 is 6.04 Å². The number of aromatic nitrogens is 2. The summed E-state index contributed by atoms with van der Waals surface area (Å²) in [5.41, 5.74) is 2.25. The summed E-state index contributed by atoms with van der Waals surface area (Å²) in [6.45, 7) is 8.64. The van der Waals surface area contributed by atoms with E-state index in [0.717, 1.165) is 11.3 Å². The van der Waals surface area contributed by atoms with Crippen LogP contribution >= 0.6 is 0 Å². The molecule has 0 N–H and O–H groups in total. The largest absolute Gasteiger partial charge is 0.459 e. The minimum absolute atomic E-state index is 0.144. The number of benzene rings is 2. The average Bonchev–Trinajstić information content (AvgIpc) is 3.33. The molecule has 0 fully saturated rings. The van der Waals surface area contributed by atoms with E-state index in [1.165, 1.54) is 6.26 Å². The highest BCUT2D eigenvalue weighted by Gasteiger charge is 2.31. The van der Waals surface area contributed by atoms with Crippen LogP contribution in [-0.4, -0.2) is 26.9 Å². The van der Waals surface area contributed by atoms with Gasteiger partial charge in [-0.15, -0.1) is 0 Å². The van der Waals surface area contributed by atoms with Gasteiger partial charge in [-0.1, -0.05) is 45.0 Å². The fourth-order valence-corrected chi connectivity index (χ4v) is 4.22. The maximum atomic E-state index is 13.7. The van der Waals surface area contributed by atoms with Crippen molar-refractivity contribution in [3.05, 3.63) is 94.4 Å². The molecule has 6 heteroatoms. The maximum Gasteiger partial charge on any atom is 0.290 e. The molecule has 0 spiro atoms. The Bertz CT molecular complexity index is 1320. The van der Waals surface area contributed by atoms with Gasteiger partial charge < -0.3 is 9.32 Å². The quantitative estimate of drug-likeness (QED) is 0.376. The van der Waals surface area contributed by atoms with Crippen LogP contribution in [0.4, 0.5) is 0 Å². The SMILES string of the molecule is CCC(c1nc2ccccc2c(=O)n1-c1cccc(C)c1)N(CC(C)C)C(=O)c1ccco1. The van der Waals surface area contributed by atoms with Gasteiger partial charge in [-0.3, -0.25) is 14.2 Å². The van der Waals surface area contributed by atoms with Crippen molar-refractivity contribution < 1.29 is 9.21 Å². The normalized spacial score (nSPS) is 12.3. The van der Waals surface area contributed by atoms with E-state index in [-0.39, 0.29) is 23.1 Å². The molecule has 2 aromatic heterocycles. The smallest absolute Gasteiger partial charge is 0.290 e. The summed E-state index contributed by atoms with van der Waals surface area (Å²) >= 11 is 0. The molecular formula is C27H29N3O3. The molecule has 0 bridgehead atoms. The topological polar surface area (TPSA) is 68.3 Å². The molecule has 1 amide bonds. The van der Waals surface area contributed by atoms with Gasteiger partial charge in [0.05, 0.1) is 28.9 Å². The molecule has 1 unspecified atom stereocenters. The number of nitrogens with zero attached hydrogens (tertiary/aromatic N) is 3. The monoisotopic (exact) mass is 443 g/mol. The average molecular weight is 444 g/mol. The minimum Gasteiger partial charge on any atom is -0.459 e. The fourth-order valence-electron chi connectivity index (χ4n) is 4.22. The molecule has 33 heavy (non-hydrogen) atoms. The lowest BCUT2D eigenvalue weighted by Crippen LogP contribution is -2.40. The van der Waals surface area contributed by atoms with E-state index in [9.17, 15) is 9.59 Å². The number of para-hydroxylation sites is 1. The Hall–Kier alpha value is -3.67. The van der Waals surface area contributed by atoms with Gasteiger partial charge >= 0.3 is 0 Å². The van der Waals surface area contributed by atoms with Crippen LogP contribution in [0.3, 0.4) is 0 Å². The standard InChI is InChI=1S/C27H29N3O3/c1-5-23(29(17-18(2)3)27(32)24-14-9-15-33-24)25-28-22-13-7-6-12-21(22)26(31)30(25)20-11-8-10-19(4)16-20/h6-16,18,23H,5,17H2,1-4H3. The molecule has 0 saturated carbocycles. The van der Waals surface area contributed by atoms with Crippen molar-refractivity contribution in [1.29, 1.82) is 0 Å². The zero-order chi connectivity index (χ0) is 23.5. The van der Waals surface area contributed by atoms with Gasteiger partial charge in [-0.25, -0.2) is 4.98 Å². The predicted molar refractivity (Wildman–Crippen MR) is 130 cm³/mol. The highest BCUT2D eigenvalue weighted by molar-refractivity contribution is 5.91. The van der Waals surface area contributed by atoms with Gasteiger partial charge in [0.1, 0.15) is 5.82 Å². The van der Waals surface area contributed by atoms with E-state index in [1.54, 1.807) is 27.7 Å². The third-order valence-electron chi connectivity index (χ3n) is 5.68. The fraction of sp³-hybridized carbons (Fsp3) is 0.296. The Morgan fingerprint density at radius 1 is 1.09 bits per heavy atom. The minimum atomic E-state index is -0.414. The zero-order valence-corrected chi connectivity index (χ0v) is 19.5. The Balaban J connectivity index is 1.97. The van der Waals surface area contributed by atoms with Crippen molar-refractivity contribution in [3.63, 3.8) is 0 Å². The van der Waals surface area contributed by atoms with Gasteiger partial charge in [-0.05, 0) is 61.2 Å². The van der Waals surface area contributed by atoms with Crippen molar-refractivity contribution in [1.82, 2.24) is 14.5 Å². The molecule has 0 saturated heterocycles. The molecule has 170 valence electrons. The van der Waals surface area contributed by atoms with Gasteiger partial charge in [0, 0.05) is 6.54 Å². The third-order valence-corrected chi connectivity index (χ3v) is 5.68. The summed E-state index contributed by atoms with van der Waals surface area (Å²) in [5, 5.41) is 0.547. The third kappa shape index (κ3) is 4.46. The Kier molecular flexibility index (Phi) is 6.45. The number of amides is 1. The number of carbonyl (C=O) groups excluding carboxylic acids is 1. The highest BCUT2D eigenvalue weighted by Crippen LogP contribution is 2.28. The number of hydrogen-bond donors (Lipinski definition) is 0. The van der Waals surface area contributed by atoms with Crippen molar-refractivity contribution in [2.75, 3.05) is 6.54 Å². The van der Waals surface area contributed by atoms with E-state index >= 15 is 0 Å². The molecule has 0 aliphatic heterocycles. The van der Waals surface area contributed by atoms with Crippen LogP contribution in [0.5, 0.6) is 0 Å². The first kappa shape index (κ1) is 22.5. The molecule has 0 aliphatic rings. The number of furan rings is 1. The van der Waals surface area contributed by atoms with Gasteiger partial charge in [0.25, 0.3) is 11.5 Å². The Morgan fingerprint density at radius 2 is 1.88 bits per heavy atom. The van der Waals surface area contributed by atoms with Crippen molar-refractivity contribution >= 4 is 16.8 Å². The first-order chi connectivity index (χ1) is 15.9. The van der Waals surface area contributed by atoms with E-state index in [4.69, 9.17) is 9.40 Å². The zero-order valence-electron chi connectivity index (χ0n) is 19.5. The van der Waals surface area contributed by atoms with Gasteiger partial charge in [0.15, 0.2) is 5.76 Å². The summed E-state index contributed by atoms with van der Waals surface area (Å²) in [6, 6.07) is 18.1. The molecule has 0 aliphatic carbocycles. The second-order valence-corrected chi connectivity index (χ2v) is 8.72. The van der Waals surface area contributed by atoms with Crippen LogP contribution in [0, 0.1) is 12.8 Å². The first-order valence-corrected chi connectivity index (χ1v) is 11.3. The predicted octanol–water partition coefficient (Wildman–Crippen LogP) is 5.54. The lowest BCUT2D eigenvalue weighted by molar-refractivity contribution is 0.0598. The number of fused-ring (bicyclic) bond motifs is 1. The van der Waals surface area contributed by atoms with Crippen LogP contribution in [0.1, 0.15) is 55.2 Å².